The topological polar surface area (TPSA) is 106 Å². The van der Waals surface area contributed by atoms with Crippen LogP contribution in [0.4, 0.5) is 10.1 Å². The van der Waals surface area contributed by atoms with E-state index in [1.54, 1.807) is 6.92 Å². The number of carbonyl (C=O) groups excluding carboxylic acids is 1. The fourth-order valence-electron chi connectivity index (χ4n) is 1.30. The molecule has 0 aliphatic rings. The van der Waals surface area contributed by atoms with Crippen LogP contribution in [0, 0.1) is 12.7 Å². The summed E-state index contributed by atoms with van der Waals surface area (Å²) in [6.07, 6.45) is 0. The summed E-state index contributed by atoms with van der Waals surface area (Å²) in [6.45, 7) is 1.56. The van der Waals surface area contributed by atoms with Gasteiger partial charge in [0.15, 0.2) is 0 Å². The van der Waals surface area contributed by atoms with Crippen LogP contribution in [0.1, 0.15) is 15.9 Å². The second-order valence-corrected chi connectivity index (χ2v) is 3.32. The lowest BCUT2D eigenvalue weighted by Gasteiger charge is -2.11. The zero-order valence-corrected chi connectivity index (χ0v) is 9.54. The average Bonchev–Trinajstić information content (AvgIpc) is 2.31. The Balaban J connectivity index is 3.09. The molecule has 0 fully saturated rings. The molecule has 92 valence electrons. The molecule has 1 aromatic carbocycles. The van der Waals surface area contributed by atoms with Crippen LogP contribution in [0.5, 0.6) is 0 Å². The summed E-state index contributed by atoms with van der Waals surface area (Å²) >= 11 is 0. The number of amides is 1. The second kappa shape index (κ2) is 5.15. The van der Waals surface area contributed by atoms with E-state index < -0.39 is 11.7 Å². The Morgan fingerprint density at radius 3 is 2.65 bits per heavy atom. The molecule has 0 atom stereocenters. The van der Waals surface area contributed by atoms with E-state index in [1.165, 1.54) is 13.1 Å². The Kier molecular flexibility index (Phi) is 3.86. The lowest BCUT2D eigenvalue weighted by atomic mass is 10.1. The molecule has 6 N–H and O–H groups in total. The first kappa shape index (κ1) is 12.8. The van der Waals surface area contributed by atoms with E-state index in [0.717, 1.165) is 6.07 Å². The van der Waals surface area contributed by atoms with Crippen LogP contribution in [0.2, 0.25) is 0 Å². The number of rotatable bonds is 1. The van der Waals surface area contributed by atoms with E-state index in [0.29, 0.717) is 11.3 Å². The van der Waals surface area contributed by atoms with Crippen LogP contribution < -0.4 is 22.2 Å². The molecule has 0 heterocycles. The highest BCUT2D eigenvalue weighted by Gasteiger charge is 2.17. The van der Waals surface area contributed by atoms with Crippen molar-refractivity contribution in [2.24, 2.45) is 10.9 Å². The Labute approximate surface area is 97.9 Å². The molecule has 0 spiro atoms. The number of benzene rings is 1. The third kappa shape index (κ3) is 2.63. The molecule has 0 aliphatic carbocycles. The van der Waals surface area contributed by atoms with Gasteiger partial charge in [-0.3, -0.25) is 10.1 Å². The van der Waals surface area contributed by atoms with E-state index >= 15 is 0 Å². The van der Waals surface area contributed by atoms with Gasteiger partial charge in [0.2, 0.25) is 5.96 Å². The molecule has 0 aromatic heterocycles. The smallest absolute Gasteiger partial charge is 0.261 e. The molecular weight excluding hydrogens is 225 g/mol. The number of hydrogen-bond donors (Lipinski definition) is 4. The Morgan fingerprint density at radius 2 is 2.12 bits per heavy atom. The van der Waals surface area contributed by atoms with Gasteiger partial charge in [-0.1, -0.05) is 0 Å². The monoisotopic (exact) mass is 239 g/mol. The first-order valence-electron chi connectivity index (χ1n) is 4.82. The minimum absolute atomic E-state index is 0.0382. The summed E-state index contributed by atoms with van der Waals surface area (Å²) in [5.74, 6) is 3.73. The van der Waals surface area contributed by atoms with Crippen LogP contribution >= 0.6 is 0 Å². The highest BCUT2D eigenvalue weighted by molar-refractivity contribution is 6.07. The summed E-state index contributed by atoms with van der Waals surface area (Å²) < 4.78 is 13.5. The number of nitrogens with two attached hydrogens (primary N) is 2. The van der Waals surface area contributed by atoms with Gasteiger partial charge in [-0.25, -0.2) is 4.39 Å². The number of guanidine groups is 1. The maximum Gasteiger partial charge on any atom is 0.261 e. The van der Waals surface area contributed by atoms with Gasteiger partial charge in [-0.2, -0.15) is 0 Å². The molecule has 0 unspecified atom stereocenters. The number of hydrogen-bond acceptors (Lipinski definition) is 4. The highest BCUT2D eigenvalue weighted by atomic mass is 19.1. The predicted octanol–water partition coefficient (Wildman–Crippen LogP) is -0.105. The van der Waals surface area contributed by atoms with Crippen LogP contribution in [-0.4, -0.2) is 18.9 Å². The van der Waals surface area contributed by atoms with Gasteiger partial charge in [0.1, 0.15) is 5.82 Å². The number of nitrogens with one attached hydrogen (secondary N) is 2. The van der Waals surface area contributed by atoms with Gasteiger partial charge >= 0.3 is 0 Å². The lowest BCUT2D eigenvalue weighted by Crippen LogP contribution is -2.40. The summed E-state index contributed by atoms with van der Waals surface area (Å²) in [5, 5.41) is 8.14. The average molecular weight is 239 g/mol. The van der Waals surface area contributed by atoms with E-state index in [9.17, 15) is 9.18 Å². The third-order valence-electron chi connectivity index (χ3n) is 2.28. The van der Waals surface area contributed by atoms with Gasteiger partial charge in [0, 0.05) is 12.7 Å². The summed E-state index contributed by atoms with van der Waals surface area (Å²) in [4.78, 5) is 11.8. The number of hydrazone groups is 1. The minimum Gasteiger partial charge on any atom is -0.398 e. The molecule has 7 heteroatoms. The van der Waals surface area contributed by atoms with Crippen molar-refractivity contribution in [1.29, 1.82) is 0 Å². The molecular formula is C10H14FN5O. The van der Waals surface area contributed by atoms with Gasteiger partial charge in [0.25, 0.3) is 5.91 Å². The fraction of sp³-hybridized carbons (Fsp3) is 0.200. The van der Waals surface area contributed by atoms with Gasteiger partial charge in [-0.05, 0) is 24.6 Å². The normalized spacial score (nSPS) is 11.1. The summed E-state index contributed by atoms with van der Waals surface area (Å²) in [7, 11) is 1.52. The van der Waals surface area contributed by atoms with E-state index in [2.05, 4.69) is 15.7 Å². The van der Waals surface area contributed by atoms with E-state index in [1.807, 2.05) is 0 Å². The predicted molar refractivity (Wildman–Crippen MR) is 63.7 cm³/mol. The first-order chi connectivity index (χ1) is 8.01. The molecule has 17 heavy (non-hydrogen) atoms. The lowest BCUT2D eigenvalue weighted by molar-refractivity contribution is 0.0971. The van der Waals surface area contributed by atoms with Crippen molar-refractivity contribution in [3.8, 4) is 0 Å². The van der Waals surface area contributed by atoms with Crippen molar-refractivity contribution in [2.75, 3.05) is 12.8 Å². The van der Waals surface area contributed by atoms with Crippen molar-refractivity contribution in [3.63, 3.8) is 0 Å². The Morgan fingerprint density at radius 1 is 1.47 bits per heavy atom. The van der Waals surface area contributed by atoms with Crippen molar-refractivity contribution >= 4 is 17.6 Å². The van der Waals surface area contributed by atoms with Gasteiger partial charge in [0.05, 0.1) is 5.56 Å². The molecule has 0 bridgehead atoms. The van der Waals surface area contributed by atoms with E-state index in [4.69, 9.17) is 11.6 Å². The molecule has 6 nitrogen and oxygen atoms in total. The minimum atomic E-state index is -0.661. The first-order valence-corrected chi connectivity index (χ1v) is 4.82. The Bertz CT molecular complexity index is 472. The van der Waals surface area contributed by atoms with Gasteiger partial charge in [-0.15, -0.1) is 5.10 Å². The zero-order chi connectivity index (χ0) is 13.0. The van der Waals surface area contributed by atoms with Crippen LogP contribution in [0.25, 0.3) is 0 Å². The third-order valence-corrected chi connectivity index (χ3v) is 2.28. The maximum atomic E-state index is 13.5. The maximum absolute atomic E-state index is 13.5. The molecule has 1 aromatic rings. The van der Waals surface area contributed by atoms with Crippen LogP contribution in [0.3, 0.4) is 0 Å². The molecule has 1 rings (SSSR count). The number of nitrogens with zero attached hydrogens (tertiary/aromatic N) is 1. The zero-order valence-electron chi connectivity index (χ0n) is 9.54. The number of halogens is 1. The Hall–Kier alpha value is -2.31. The van der Waals surface area contributed by atoms with Crippen LogP contribution in [-0.2, 0) is 0 Å². The summed E-state index contributed by atoms with van der Waals surface area (Å²) in [5.41, 5.74) is 6.19. The van der Waals surface area contributed by atoms with Crippen LogP contribution in [0.15, 0.2) is 17.2 Å². The quantitative estimate of drug-likeness (QED) is 0.180. The molecule has 0 aliphatic heterocycles. The van der Waals surface area contributed by atoms with Crippen molar-refractivity contribution < 1.29 is 9.18 Å². The fourth-order valence-corrected chi connectivity index (χ4v) is 1.30. The molecule has 0 saturated carbocycles. The molecule has 1 amide bonds. The molecule has 0 saturated heterocycles. The standard InChI is InChI=1S/C10H14FN5O/c1-5-7(12)4-3-6(11)8(5)9(17)15-10(14-2)16-13/h3-4H,12-13H2,1-2H3,(H2,14,15,16,17). The summed E-state index contributed by atoms with van der Waals surface area (Å²) in [6, 6.07) is 2.54. The van der Waals surface area contributed by atoms with Crippen molar-refractivity contribution in [3.05, 3.63) is 29.1 Å². The number of nitrogen functional groups attached to an aromatic ring is 1. The SMILES string of the molecule is CN/C(=N\N)NC(=O)c1c(F)ccc(N)c1C. The highest BCUT2D eigenvalue weighted by Crippen LogP contribution is 2.19. The largest absolute Gasteiger partial charge is 0.398 e. The number of carbonyl (C=O) groups is 1. The van der Waals surface area contributed by atoms with E-state index in [-0.39, 0.29) is 11.5 Å². The van der Waals surface area contributed by atoms with Gasteiger partial charge < -0.3 is 16.9 Å². The van der Waals surface area contributed by atoms with Crippen molar-refractivity contribution in [1.82, 2.24) is 10.6 Å². The number of anilines is 1. The second-order valence-electron chi connectivity index (χ2n) is 3.32. The van der Waals surface area contributed by atoms with Crippen molar-refractivity contribution in [2.45, 2.75) is 6.92 Å². The molecule has 0 radical (unpaired) electrons.